The summed E-state index contributed by atoms with van der Waals surface area (Å²) >= 11 is 0. The van der Waals surface area contributed by atoms with E-state index in [1.54, 1.807) is 6.92 Å². The molecule has 8 rings (SSSR count). The van der Waals surface area contributed by atoms with E-state index in [0.29, 0.717) is 6.42 Å². The summed E-state index contributed by atoms with van der Waals surface area (Å²) in [6.07, 6.45) is -5.29. The standard InChI is InChI=1S/C36H50O12/c1-12-21-20(25(40)27(43-15(4)37)18-11-19-28(46-19)31(32(18,21)7)45-17(6)39)23-26(41)24-22(33(23,8)29(12)44-16(5)38)13(2)30-36(48-30)34(24,9)35(10,42)14(3)47-36/h12-13,18-31,40-42H,3,11H2,1-2,4-10H3/t12-,13-,18+,19-,20+,21?,22-,23+,24-,25+,26+,27-,28-,29-,30-,31-,32-,33+,34-,35+,36+/m0/s1. The number of hydrogen-bond acceptors (Lipinski definition) is 12. The summed E-state index contributed by atoms with van der Waals surface area (Å²) in [5.74, 6) is -6.40. The van der Waals surface area contributed by atoms with Crippen molar-refractivity contribution in [3.05, 3.63) is 12.3 Å². The molecule has 48 heavy (non-hydrogen) atoms. The molecule has 0 aromatic rings. The molecule has 266 valence electrons. The van der Waals surface area contributed by atoms with Gasteiger partial charge in [-0.05, 0) is 49.9 Å². The normalized spacial score (nSPS) is 61.1. The van der Waals surface area contributed by atoms with Crippen molar-refractivity contribution >= 4 is 17.9 Å². The third-order valence-corrected chi connectivity index (χ3v) is 15.5. The first-order valence-electron chi connectivity index (χ1n) is 17.5. The number of fused-ring (bicyclic) bond motifs is 9. The molecule has 8 fully saturated rings. The molecule has 0 amide bonds. The quantitative estimate of drug-likeness (QED) is 0.226. The van der Waals surface area contributed by atoms with Crippen molar-refractivity contribution in [3.63, 3.8) is 0 Å². The van der Waals surface area contributed by atoms with Crippen LogP contribution in [0.3, 0.4) is 0 Å². The van der Waals surface area contributed by atoms with Crippen molar-refractivity contribution in [2.24, 2.45) is 63.6 Å². The number of carbonyl (C=O) groups is 3. The highest BCUT2D eigenvalue weighted by atomic mass is 16.8. The van der Waals surface area contributed by atoms with Crippen molar-refractivity contribution < 1.29 is 58.1 Å². The molecule has 5 saturated carbocycles. The predicted octanol–water partition coefficient (Wildman–Crippen LogP) is 2.11. The van der Waals surface area contributed by atoms with Gasteiger partial charge in [-0.15, -0.1) is 0 Å². The van der Waals surface area contributed by atoms with E-state index in [9.17, 15) is 29.7 Å². The molecule has 5 aliphatic carbocycles. The molecule has 3 N–H and O–H groups in total. The van der Waals surface area contributed by atoms with Crippen LogP contribution in [0.5, 0.6) is 0 Å². The SMILES string of the molecule is C=C1O[C@@]23O[C@H]2[C@@H](C)[C@H]2[C@@H]([C@H](O)[C@H]4[C@H]5C([C@H](C)[C@H](OC(C)=O)[C@@]42C)[C@]2(C)[C@H](C[C@@H]4O[C@@H]4[C@@H]2OC(C)=O)[C@H](OC(C)=O)[C@@H]5O)[C@@]3(C)[C@]1(C)O. The third-order valence-electron chi connectivity index (χ3n) is 15.5. The van der Waals surface area contributed by atoms with Gasteiger partial charge >= 0.3 is 17.9 Å². The topological polar surface area (TPSA) is 174 Å². The summed E-state index contributed by atoms with van der Waals surface area (Å²) in [5, 5.41) is 37.7. The van der Waals surface area contributed by atoms with E-state index in [0.717, 1.165) is 0 Å². The molecule has 8 aliphatic rings. The summed E-state index contributed by atoms with van der Waals surface area (Å²) in [6, 6.07) is 0. The summed E-state index contributed by atoms with van der Waals surface area (Å²) in [6.45, 7) is 19.8. The molecule has 12 heteroatoms. The molecule has 3 heterocycles. The largest absolute Gasteiger partial charge is 0.462 e. The fourth-order valence-electron chi connectivity index (χ4n) is 13.8. The minimum atomic E-state index is -1.58. The van der Waals surface area contributed by atoms with E-state index in [1.165, 1.54) is 20.8 Å². The maximum atomic E-state index is 13.0. The fourth-order valence-corrected chi connectivity index (χ4v) is 13.8. The molecule has 1 spiro atoms. The summed E-state index contributed by atoms with van der Waals surface area (Å²) in [5.41, 5.74) is -4.58. The zero-order valence-electron chi connectivity index (χ0n) is 29.2. The van der Waals surface area contributed by atoms with Crippen LogP contribution in [-0.4, -0.2) is 93.4 Å². The fraction of sp³-hybridized carbons (Fsp3) is 0.861. The Labute approximate surface area is 280 Å². The number of epoxide rings is 2. The lowest BCUT2D eigenvalue weighted by Gasteiger charge is -2.67. The maximum absolute atomic E-state index is 13.0. The smallest absolute Gasteiger partial charge is 0.303 e. The van der Waals surface area contributed by atoms with Crippen molar-refractivity contribution in [3.8, 4) is 0 Å². The second-order valence-corrected chi connectivity index (χ2v) is 17.2. The molecule has 21 atom stereocenters. The van der Waals surface area contributed by atoms with E-state index in [-0.39, 0.29) is 29.8 Å². The Bertz CT molecular complexity index is 1490. The number of rotatable bonds is 3. The Kier molecular flexibility index (Phi) is 6.54. The number of carbonyl (C=O) groups excluding carboxylic acids is 3. The molecule has 12 nitrogen and oxygen atoms in total. The van der Waals surface area contributed by atoms with Crippen LogP contribution in [0.1, 0.15) is 68.7 Å². The number of aliphatic hydroxyl groups excluding tert-OH is 2. The van der Waals surface area contributed by atoms with Gasteiger partial charge in [0.1, 0.15) is 41.9 Å². The molecule has 0 radical (unpaired) electrons. The lowest BCUT2D eigenvalue weighted by atomic mass is 9.39. The van der Waals surface area contributed by atoms with Crippen LogP contribution in [0.2, 0.25) is 0 Å². The molecule has 3 aliphatic heterocycles. The van der Waals surface area contributed by atoms with Gasteiger partial charge in [0.2, 0.25) is 5.79 Å². The van der Waals surface area contributed by atoms with Crippen LogP contribution >= 0.6 is 0 Å². The van der Waals surface area contributed by atoms with E-state index in [1.807, 2.05) is 27.7 Å². The Hall–Kier alpha value is -2.25. The van der Waals surface area contributed by atoms with Crippen LogP contribution in [0.15, 0.2) is 12.3 Å². The van der Waals surface area contributed by atoms with Crippen molar-refractivity contribution in [2.45, 2.75) is 129 Å². The van der Waals surface area contributed by atoms with Gasteiger partial charge in [-0.3, -0.25) is 14.4 Å². The minimum Gasteiger partial charge on any atom is -0.462 e. The van der Waals surface area contributed by atoms with Gasteiger partial charge in [0.25, 0.3) is 0 Å². The lowest BCUT2D eigenvalue weighted by molar-refractivity contribution is -0.286. The van der Waals surface area contributed by atoms with Crippen LogP contribution in [0.4, 0.5) is 0 Å². The third kappa shape index (κ3) is 3.47. The number of esters is 3. The van der Waals surface area contributed by atoms with E-state index >= 15 is 0 Å². The van der Waals surface area contributed by atoms with E-state index < -0.39 is 118 Å². The van der Waals surface area contributed by atoms with Crippen LogP contribution in [-0.2, 0) is 42.8 Å². The number of aliphatic hydroxyl groups is 3. The van der Waals surface area contributed by atoms with Gasteiger partial charge in [-0.25, -0.2) is 0 Å². The van der Waals surface area contributed by atoms with Crippen molar-refractivity contribution in [1.29, 1.82) is 0 Å². The second kappa shape index (κ2) is 9.54. The number of ether oxygens (including phenoxy) is 6. The average molecular weight is 675 g/mol. The van der Waals surface area contributed by atoms with E-state index in [4.69, 9.17) is 28.4 Å². The maximum Gasteiger partial charge on any atom is 0.303 e. The highest BCUT2D eigenvalue weighted by Gasteiger charge is 2.91. The summed E-state index contributed by atoms with van der Waals surface area (Å²) in [7, 11) is 0. The van der Waals surface area contributed by atoms with Crippen LogP contribution in [0, 0.1) is 63.6 Å². The Morgan fingerprint density at radius 3 is 2.02 bits per heavy atom. The molecular weight excluding hydrogens is 624 g/mol. The Balaban J connectivity index is 1.35. The molecule has 0 aromatic heterocycles. The highest BCUT2D eigenvalue weighted by Crippen LogP contribution is 2.82. The molecule has 3 saturated heterocycles. The molecule has 0 bridgehead atoms. The van der Waals surface area contributed by atoms with Gasteiger partial charge in [-0.1, -0.05) is 34.3 Å². The first-order valence-corrected chi connectivity index (χ1v) is 17.5. The lowest BCUT2D eigenvalue weighted by Crippen LogP contribution is -2.73. The Morgan fingerprint density at radius 2 is 1.42 bits per heavy atom. The van der Waals surface area contributed by atoms with Gasteiger partial charge in [-0.2, -0.15) is 0 Å². The van der Waals surface area contributed by atoms with Crippen molar-refractivity contribution in [2.75, 3.05) is 0 Å². The molecular formula is C36H50O12. The minimum absolute atomic E-state index is 0.170. The second-order valence-electron chi connectivity index (χ2n) is 17.2. The summed E-state index contributed by atoms with van der Waals surface area (Å²) in [4.78, 5) is 38.4. The number of hydrogen-bond donors (Lipinski definition) is 3. The van der Waals surface area contributed by atoms with E-state index in [2.05, 4.69) is 13.5 Å². The van der Waals surface area contributed by atoms with Gasteiger partial charge < -0.3 is 43.7 Å². The highest BCUT2D eigenvalue weighted by molar-refractivity contribution is 5.67. The van der Waals surface area contributed by atoms with Gasteiger partial charge in [0.15, 0.2) is 0 Å². The van der Waals surface area contributed by atoms with Gasteiger partial charge in [0, 0.05) is 49.4 Å². The average Bonchev–Trinajstić information content (AvgIpc) is 3.88. The molecule has 1 unspecified atom stereocenters. The summed E-state index contributed by atoms with van der Waals surface area (Å²) < 4.78 is 37.2. The first-order chi connectivity index (χ1) is 22.2. The van der Waals surface area contributed by atoms with Crippen LogP contribution in [0.25, 0.3) is 0 Å². The molecule has 0 aromatic carbocycles. The van der Waals surface area contributed by atoms with Crippen LogP contribution < -0.4 is 0 Å². The zero-order valence-corrected chi connectivity index (χ0v) is 29.2. The predicted molar refractivity (Wildman–Crippen MR) is 164 cm³/mol. The Morgan fingerprint density at radius 1 is 0.812 bits per heavy atom. The van der Waals surface area contributed by atoms with Gasteiger partial charge in [0.05, 0.1) is 23.7 Å². The zero-order chi connectivity index (χ0) is 35.0. The first kappa shape index (κ1) is 32.9. The monoisotopic (exact) mass is 674 g/mol. The van der Waals surface area contributed by atoms with Crippen molar-refractivity contribution in [1.82, 2.24) is 0 Å².